The normalized spacial score (nSPS) is 22.8. The van der Waals surface area contributed by atoms with E-state index in [1.165, 1.54) is 5.56 Å². The molecule has 1 aromatic rings. The number of hydrogen-bond acceptors (Lipinski definition) is 2. The zero-order valence-electron chi connectivity index (χ0n) is 12.6. The number of aryl methyl sites for hydroxylation is 1. The van der Waals surface area contributed by atoms with Crippen LogP contribution < -0.4 is 5.32 Å². The summed E-state index contributed by atoms with van der Waals surface area (Å²) in [6.07, 6.45) is 3.69. The van der Waals surface area contributed by atoms with Gasteiger partial charge in [-0.1, -0.05) is 43.7 Å². The highest BCUT2D eigenvalue weighted by Crippen LogP contribution is 2.20. The second-order valence-corrected chi connectivity index (χ2v) is 5.68. The van der Waals surface area contributed by atoms with Crippen LogP contribution in [0.2, 0.25) is 0 Å². The van der Waals surface area contributed by atoms with Gasteiger partial charge in [-0.05, 0) is 31.4 Å². The van der Waals surface area contributed by atoms with Crippen molar-refractivity contribution >= 4 is 5.91 Å². The van der Waals surface area contributed by atoms with Crippen molar-refractivity contribution in [2.24, 2.45) is 5.92 Å². The van der Waals surface area contributed by atoms with Crippen LogP contribution in [-0.2, 0) is 11.2 Å². The Morgan fingerprint density at radius 3 is 2.75 bits per heavy atom. The predicted molar refractivity (Wildman–Crippen MR) is 82.6 cm³/mol. The van der Waals surface area contributed by atoms with Gasteiger partial charge in [0.25, 0.3) is 0 Å². The first-order valence-corrected chi connectivity index (χ1v) is 7.73. The highest BCUT2D eigenvalue weighted by atomic mass is 16.2. The van der Waals surface area contributed by atoms with Crippen LogP contribution in [0, 0.1) is 5.92 Å². The lowest BCUT2D eigenvalue weighted by molar-refractivity contribution is -0.133. The summed E-state index contributed by atoms with van der Waals surface area (Å²) in [5, 5.41) is 3.38. The van der Waals surface area contributed by atoms with Crippen LogP contribution in [0.15, 0.2) is 30.3 Å². The minimum Gasteiger partial charge on any atom is -0.342 e. The molecule has 1 fully saturated rings. The molecule has 1 aliphatic rings. The van der Waals surface area contributed by atoms with Crippen molar-refractivity contribution in [2.45, 2.75) is 38.6 Å². The van der Waals surface area contributed by atoms with Gasteiger partial charge >= 0.3 is 0 Å². The van der Waals surface area contributed by atoms with E-state index in [9.17, 15) is 4.79 Å². The molecule has 110 valence electrons. The second-order valence-electron chi connectivity index (χ2n) is 5.68. The lowest BCUT2D eigenvalue weighted by Gasteiger charge is -2.38. The zero-order chi connectivity index (χ0) is 14.4. The molecule has 0 spiro atoms. The molecule has 0 radical (unpaired) electrons. The molecule has 2 atom stereocenters. The van der Waals surface area contributed by atoms with Crippen molar-refractivity contribution < 1.29 is 4.79 Å². The van der Waals surface area contributed by atoms with E-state index in [-0.39, 0.29) is 0 Å². The fraction of sp³-hybridized carbons (Fsp3) is 0.588. The Balaban J connectivity index is 1.84. The standard InChI is InChI=1S/C17H26N2O/c1-3-15-13-19(12-11-16(15)18-2)17(20)10-9-14-7-5-4-6-8-14/h4-8,15-16,18H,3,9-13H2,1-2H3. The van der Waals surface area contributed by atoms with Gasteiger partial charge in [0, 0.05) is 25.6 Å². The summed E-state index contributed by atoms with van der Waals surface area (Å²) in [5.74, 6) is 0.899. The fourth-order valence-corrected chi connectivity index (χ4v) is 3.11. The third-order valence-corrected chi connectivity index (χ3v) is 4.45. The number of amides is 1. The van der Waals surface area contributed by atoms with Crippen molar-refractivity contribution in [3.8, 4) is 0 Å². The van der Waals surface area contributed by atoms with Crippen LogP contribution in [0.25, 0.3) is 0 Å². The number of rotatable bonds is 5. The molecule has 3 heteroatoms. The van der Waals surface area contributed by atoms with E-state index >= 15 is 0 Å². The third kappa shape index (κ3) is 3.83. The van der Waals surface area contributed by atoms with E-state index in [2.05, 4.69) is 29.3 Å². The number of likely N-dealkylation sites (tertiary alicyclic amines) is 1. The van der Waals surface area contributed by atoms with Crippen molar-refractivity contribution in [1.82, 2.24) is 10.2 Å². The van der Waals surface area contributed by atoms with Gasteiger partial charge in [0.2, 0.25) is 5.91 Å². The Morgan fingerprint density at radius 2 is 2.10 bits per heavy atom. The maximum atomic E-state index is 12.3. The highest BCUT2D eigenvalue weighted by Gasteiger charge is 2.28. The molecule has 1 saturated heterocycles. The molecule has 0 aromatic heterocycles. The zero-order valence-corrected chi connectivity index (χ0v) is 12.6. The Labute approximate surface area is 122 Å². The van der Waals surface area contributed by atoms with Crippen molar-refractivity contribution in [3.63, 3.8) is 0 Å². The van der Waals surface area contributed by atoms with E-state index in [0.717, 1.165) is 32.4 Å². The number of benzene rings is 1. The summed E-state index contributed by atoms with van der Waals surface area (Å²) < 4.78 is 0. The van der Waals surface area contributed by atoms with E-state index in [4.69, 9.17) is 0 Å². The molecule has 0 aliphatic carbocycles. The Bertz CT molecular complexity index is 418. The lowest BCUT2D eigenvalue weighted by Crippen LogP contribution is -2.50. The smallest absolute Gasteiger partial charge is 0.222 e. The monoisotopic (exact) mass is 274 g/mol. The average Bonchev–Trinajstić information content (AvgIpc) is 2.52. The van der Waals surface area contributed by atoms with Crippen LogP contribution in [0.3, 0.4) is 0 Å². The summed E-state index contributed by atoms with van der Waals surface area (Å²) in [6, 6.07) is 10.8. The van der Waals surface area contributed by atoms with Gasteiger partial charge in [0.1, 0.15) is 0 Å². The van der Waals surface area contributed by atoms with Crippen LogP contribution >= 0.6 is 0 Å². The molecule has 1 N–H and O–H groups in total. The fourth-order valence-electron chi connectivity index (χ4n) is 3.11. The van der Waals surface area contributed by atoms with Gasteiger partial charge in [-0.2, -0.15) is 0 Å². The van der Waals surface area contributed by atoms with Gasteiger partial charge in [-0.3, -0.25) is 4.79 Å². The van der Waals surface area contributed by atoms with Gasteiger partial charge in [0.15, 0.2) is 0 Å². The van der Waals surface area contributed by atoms with Gasteiger partial charge in [0.05, 0.1) is 0 Å². The number of hydrogen-bond donors (Lipinski definition) is 1. The molecule has 0 saturated carbocycles. The Morgan fingerprint density at radius 1 is 1.35 bits per heavy atom. The first-order chi connectivity index (χ1) is 9.74. The van der Waals surface area contributed by atoms with Gasteiger partial charge < -0.3 is 10.2 Å². The quantitative estimate of drug-likeness (QED) is 0.894. The summed E-state index contributed by atoms with van der Waals surface area (Å²) in [6.45, 7) is 4.03. The van der Waals surface area contributed by atoms with Gasteiger partial charge in [-0.15, -0.1) is 0 Å². The average molecular weight is 274 g/mol. The van der Waals surface area contributed by atoms with E-state index in [0.29, 0.717) is 24.3 Å². The summed E-state index contributed by atoms with van der Waals surface area (Å²) >= 11 is 0. The second kappa shape index (κ2) is 7.44. The van der Waals surface area contributed by atoms with Crippen LogP contribution in [0.4, 0.5) is 0 Å². The molecule has 1 aliphatic heterocycles. The Hall–Kier alpha value is -1.35. The number of carbonyl (C=O) groups is 1. The molecular formula is C17H26N2O. The summed E-state index contributed by atoms with van der Waals surface area (Å²) in [5.41, 5.74) is 1.25. The maximum absolute atomic E-state index is 12.3. The molecule has 1 amide bonds. The predicted octanol–water partition coefficient (Wildman–Crippen LogP) is 2.47. The molecule has 1 heterocycles. The first-order valence-electron chi connectivity index (χ1n) is 7.73. The number of nitrogens with one attached hydrogen (secondary N) is 1. The summed E-state index contributed by atoms with van der Waals surface area (Å²) in [4.78, 5) is 14.4. The van der Waals surface area contributed by atoms with Crippen LogP contribution in [0.1, 0.15) is 31.7 Å². The van der Waals surface area contributed by atoms with Crippen molar-refractivity contribution in [2.75, 3.05) is 20.1 Å². The third-order valence-electron chi connectivity index (χ3n) is 4.45. The molecule has 1 aromatic carbocycles. The van der Waals surface area contributed by atoms with E-state index < -0.39 is 0 Å². The molecule has 2 rings (SSSR count). The molecule has 2 unspecified atom stereocenters. The first kappa shape index (κ1) is 15.0. The number of nitrogens with zero attached hydrogens (tertiary/aromatic N) is 1. The van der Waals surface area contributed by atoms with E-state index in [1.807, 2.05) is 25.2 Å². The molecule has 20 heavy (non-hydrogen) atoms. The highest BCUT2D eigenvalue weighted by molar-refractivity contribution is 5.76. The van der Waals surface area contributed by atoms with Crippen molar-refractivity contribution in [1.29, 1.82) is 0 Å². The van der Waals surface area contributed by atoms with Gasteiger partial charge in [-0.25, -0.2) is 0 Å². The van der Waals surface area contributed by atoms with Crippen LogP contribution in [-0.4, -0.2) is 37.0 Å². The lowest BCUT2D eigenvalue weighted by atomic mass is 9.90. The maximum Gasteiger partial charge on any atom is 0.222 e. The largest absolute Gasteiger partial charge is 0.342 e. The number of carbonyl (C=O) groups excluding carboxylic acids is 1. The molecule has 0 bridgehead atoms. The molecule has 3 nitrogen and oxygen atoms in total. The minimum absolute atomic E-state index is 0.307. The SMILES string of the molecule is CCC1CN(C(=O)CCc2ccccc2)CCC1NC. The molecular weight excluding hydrogens is 248 g/mol. The van der Waals surface area contributed by atoms with Crippen molar-refractivity contribution in [3.05, 3.63) is 35.9 Å². The minimum atomic E-state index is 0.307. The Kier molecular flexibility index (Phi) is 5.60. The van der Waals surface area contributed by atoms with E-state index in [1.54, 1.807) is 0 Å². The summed E-state index contributed by atoms with van der Waals surface area (Å²) in [7, 11) is 2.03. The topological polar surface area (TPSA) is 32.3 Å². The van der Waals surface area contributed by atoms with Crippen LogP contribution in [0.5, 0.6) is 0 Å². The number of piperidine rings is 1.